The van der Waals surface area contributed by atoms with E-state index in [4.69, 9.17) is 16.7 Å². The van der Waals surface area contributed by atoms with Crippen LogP contribution in [0.2, 0.25) is 0 Å². The zero-order valence-corrected chi connectivity index (χ0v) is 9.39. The maximum absolute atomic E-state index is 10.7. The predicted octanol–water partition coefficient (Wildman–Crippen LogP) is 0.320. The highest BCUT2D eigenvalue weighted by atomic mass is 35.5. The van der Waals surface area contributed by atoms with Gasteiger partial charge in [-0.3, -0.25) is 0 Å². The SMILES string of the molecule is O=C(O)N1CCN(C2(Cl)N=CC=CN2)CC1. The number of aliphatic imine (C=N–C) groups is 1. The van der Waals surface area contributed by atoms with Crippen LogP contribution in [0, 0.1) is 0 Å². The Bertz CT molecular complexity index is 338. The number of carboxylic acid groups (broad SMARTS) is 1. The van der Waals surface area contributed by atoms with Gasteiger partial charge in [0.1, 0.15) is 0 Å². The fourth-order valence-electron chi connectivity index (χ4n) is 1.74. The van der Waals surface area contributed by atoms with E-state index in [-0.39, 0.29) is 0 Å². The summed E-state index contributed by atoms with van der Waals surface area (Å²) >= 11 is 6.28. The quantitative estimate of drug-likeness (QED) is 0.515. The molecule has 7 heteroatoms. The molecule has 16 heavy (non-hydrogen) atoms. The Labute approximate surface area is 98.2 Å². The Hall–Kier alpha value is -1.27. The molecule has 2 heterocycles. The molecule has 0 aromatic heterocycles. The fraction of sp³-hybridized carbons (Fsp3) is 0.556. The van der Waals surface area contributed by atoms with Crippen molar-refractivity contribution in [2.24, 2.45) is 4.99 Å². The maximum Gasteiger partial charge on any atom is 0.407 e. The molecule has 0 bridgehead atoms. The van der Waals surface area contributed by atoms with Crippen molar-refractivity contribution >= 4 is 23.9 Å². The Balaban J connectivity index is 1.96. The smallest absolute Gasteiger partial charge is 0.407 e. The summed E-state index contributed by atoms with van der Waals surface area (Å²) in [5, 5.41) is 10.8. The number of allylic oxidation sites excluding steroid dienone is 1. The molecule has 1 saturated heterocycles. The average Bonchev–Trinajstić information content (AvgIpc) is 2.30. The molecule has 2 aliphatic rings. The highest BCUT2D eigenvalue weighted by Gasteiger charge is 2.36. The number of alkyl halides is 1. The molecule has 0 spiro atoms. The van der Waals surface area contributed by atoms with E-state index >= 15 is 0 Å². The van der Waals surface area contributed by atoms with Crippen molar-refractivity contribution in [1.29, 1.82) is 0 Å². The highest BCUT2D eigenvalue weighted by Crippen LogP contribution is 2.22. The lowest BCUT2D eigenvalue weighted by molar-refractivity contribution is 0.0661. The Morgan fingerprint density at radius 2 is 2.12 bits per heavy atom. The molecule has 2 N–H and O–H groups in total. The van der Waals surface area contributed by atoms with Crippen LogP contribution in [0.1, 0.15) is 0 Å². The van der Waals surface area contributed by atoms with Gasteiger partial charge in [-0.25, -0.2) is 14.7 Å². The third-order valence-corrected chi connectivity index (χ3v) is 3.11. The first-order valence-electron chi connectivity index (χ1n) is 5.02. The van der Waals surface area contributed by atoms with Crippen molar-refractivity contribution in [1.82, 2.24) is 15.1 Å². The van der Waals surface area contributed by atoms with Gasteiger partial charge in [-0.05, 0) is 6.08 Å². The fourth-order valence-corrected chi connectivity index (χ4v) is 2.03. The molecule has 0 aliphatic carbocycles. The summed E-state index contributed by atoms with van der Waals surface area (Å²) in [7, 11) is 0. The number of hydrogen-bond donors (Lipinski definition) is 2. The van der Waals surface area contributed by atoms with Crippen molar-refractivity contribution in [3.63, 3.8) is 0 Å². The molecular weight excluding hydrogens is 232 g/mol. The minimum absolute atomic E-state index is 0.449. The van der Waals surface area contributed by atoms with Gasteiger partial charge in [-0.1, -0.05) is 11.6 Å². The number of carbonyl (C=O) groups is 1. The summed E-state index contributed by atoms with van der Waals surface area (Å²) in [5.41, 5.74) is 0. The highest BCUT2D eigenvalue weighted by molar-refractivity contribution is 6.23. The van der Waals surface area contributed by atoms with E-state index in [0.29, 0.717) is 26.2 Å². The van der Waals surface area contributed by atoms with E-state index in [9.17, 15) is 4.79 Å². The molecule has 0 aromatic carbocycles. The molecule has 88 valence electrons. The van der Waals surface area contributed by atoms with Crippen molar-refractivity contribution < 1.29 is 9.90 Å². The summed E-state index contributed by atoms with van der Waals surface area (Å²) in [4.78, 5) is 18.2. The number of amides is 1. The number of rotatable bonds is 1. The van der Waals surface area contributed by atoms with Gasteiger partial charge >= 0.3 is 6.09 Å². The molecule has 2 aliphatic heterocycles. The Morgan fingerprint density at radius 3 is 2.62 bits per heavy atom. The van der Waals surface area contributed by atoms with Crippen molar-refractivity contribution in [3.05, 3.63) is 12.3 Å². The predicted molar refractivity (Wildman–Crippen MR) is 60.5 cm³/mol. The monoisotopic (exact) mass is 244 g/mol. The normalized spacial score (nSPS) is 30.2. The van der Waals surface area contributed by atoms with E-state index in [0.717, 1.165) is 0 Å². The molecule has 2 rings (SSSR count). The van der Waals surface area contributed by atoms with Crippen molar-refractivity contribution in [2.75, 3.05) is 26.2 Å². The van der Waals surface area contributed by atoms with E-state index < -0.39 is 11.3 Å². The number of piperazine rings is 1. The van der Waals surface area contributed by atoms with Crippen LogP contribution in [0.5, 0.6) is 0 Å². The summed E-state index contributed by atoms with van der Waals surface area (Å²) in [6.07, 6.45) is 4.23. The van der Waals surface area contributed by atoms with E-state index in [1.54, 1.807) is 18.5 Å². The van der Waals surface area contributed by atoms with Crippen LogP contribution in [0.25, 0.3) is 0 Å². The maximum atomic E-state index is 10.7. The topological polar surface area (TPSA) is 68.2 Å². The van der Waals surface area contributed by atoms with Gasteiger partial charge in [-0.15, -0.1) is 0 Å². The third-order valence-electron chi connectivity index (χ3n) is 2.66. The van der Waals surface area contributed by atoms with Crippen LogP contribution < -0.4 is 5.32 Å². The second kappa shape index (κ2) is 4.31. The van der Waals surface area contributed by atoms with Crippen molar-refractivity contribution in [2.45, 2.75) is 5.25 Å². The lowest BCUT2D eigenvalue weighted by Crippen LogP contribution is -2.59. The first-order valence-corrected chi connectivity index (χ1v) is 5.39. The Morgan fingerprint density at radius 1 is 1.44 bits per heavy atom. The van der Waals surface area contributed by atoms with Crippen LogP contribution in [-0.2, 0) is 0 Å². The van der Waals surface area contributed by atoms with Gasteiger partial charge < -0.3 is 15.3 Å². The number of nitrogens with zero attached hydrogens (tertiary/aromatic N) is 3. The number of halogens is 1. The van der Waals surface area contributed by atoms with Crippen LogP contribution in [0.3, 0.4) is 0 Å². The minimum Gasteiger partial charge on any atom is -0.465 e. The van der Waals surface area contributed by atoms with E-state index in [1.165, 1.54) is 4.90 Å². The Kier molecular flexibility index (Phi) is 3.02. The van der Waals surface area contributed by atoms with Gasteiger partial charge in [0, 0.05) is 38.6 Å². The molecule has 0 radical (unpaired) electrons. The lowest BCUT2D eigenvalue weighted by Gasteiger charge is -2.41. The first kappa shape index (κ1) is 11.2. The van der Waals surface area contributed by atoms with Crippen LogP contribution in [0.15, 0.2) is 17.3 Å². The van der Waals surface area contributed by atoms with Crippen LogP contribution in [0.4, 0.5) is 4.79 Å². The molecule has 1 unspecified atom stereocenters. The second-order valence-corrected chi connectivity index (χ2v) is 4.15. The second-order valence-electron chi connectivity index (χ2n) is 3.63. The average molecular weight is 245 g/mol. The van der Waals surface area contributed by atoms with Gasteiger partial charge in [0.25, 0.3) is 5.25 Å². The first-order chi connectivity index (χ1) is 7.62. The number of nitrogens with one attached hydrogen (secondary N) is 1. The molecular formula is C9H13ClN4O2. The standard InChI is InChI=1S/C9H13ClN4O2/c10-9(11-2-1-3-12-9)14-6-4-13(5-7-14)8(15)16/h1-3,11H,4-7H2,(H,15,16). The summed E-state index contributed by atoms with van der Waals surface area (Å²) < 4.78 is 0. The molecule has 0 saturated carbocycles. The zero-order valence-electron chi connectivity index (χ0n) is 8.64. The van der Waals surface area contributed by atoms with Gasteiger partial charge in [0.2, 0.25) is 0 Å². The molecule has 1 atom stereocenters. The lowest BCUT2D eigenvalue weighted by atomic mass is 10.3. The summed E-state index contributed by atoms with van der Waals surface area (Å²) in [6.45, 7) is 2.03. The van der Waals surface area contributed by atoms with Crippen LogP contribution in [-0.4, -0.2) is 58.6 Å². The number of hydrogen-bond acceptors (Lipinski definition) is 4. The summed E-state index contributed by atoms with van der Waals surface area (Å²) in [5.74, 6) is 0. The van der Waals surface area contributed by atoms with Gasteiger partial charge in [-0.2, -0.15) is 0 Å². The van der Waals surface area contributed by atoms with E-state index in [1.807, 2.05) is 4.90 Å². The molecule has 0 aromatic rings. The molecule has 6 nitrogen and oxygen atoms in total. The molecule has 1 fully saturated rings. The van der Waals surface area contributed by atoms with E-state index in [2.05, 4.69) is 10.3 Å². The largest absolute Gasteiger partial charge is 0.465 e. The van der Waals surface area contributed by atoms with Gasteiger partial charge in [0.05, 0.1) is 0 Å². The van der Waals surface area contributed by atoms with Gasteiger partial charge in [0.15, 0.2) is 0 Å². The minimum atomic E-state index is -0.959. The molecule has 1 amide bonds. The van der Waals surface area contributed by atoms with Crippen LogP contribution >= 0.6 is 11.6 Å². The third kappa shape index (κ3) is 2.12. The summed E-state index contributed by atoms with van der Waals surface area (Å²) in [6, 6.07) is 0. The zero-order chi connectivity index (χ0) is 11.6. The van der Waals surface area contributed by atoms with Crippen molar-refractivity contribution in [3.8, 4) is 0 Å².